The number of benzene rings is 2. The molecule has 0 bridgehead atoms. The quantitative estimate of drug-likeness (QED) is 0.578. The summed E-state index contributed by atoms with van der Waals surface area (Å²) in [6, 6.07) is 11.9. The van der Waals surface area contributed by atoms with Gasteiger partial charge in [0.15, 0.2) is 17.3 Å². The van der Waals surface area contributed by atoms with Gasteiger partial charge in [0.25, 0.3) is 0 Å². The first kappa shape index (κ1) is 24.5. The van der Waals surface area contributed by atoms with Crippen molar-refractivity contribution in [2.45, 2.75) is 51.6 Å². The molecule has 4 rings (SSSR count). The monoisotopic (exact) mass is 479 g/mol. The molecule has 2 aliphatic rings. The number of hydrogen-bond acceptors (Lipinski definition) is 6. The summed E-state index contributed by atoms with van der Waals surface area (Å²) in [6.45, 7) is 5.28. The van der Waals surface area contributed by atoms with Crippen LogP contribution in [0.25, 0.3) is 0 Å². The summed E-state index contributed by atoms with van der Waals surface area (Å²) >= 11 is 0. The molecule has 2 aromatic carbocycles. The van der Waals surface area contributed by atoms with Crippen molar-refractivity contribution in [2.75, 3.05) is 14.2 Å². The van der Waals surface area contributed by atoms with Crippen molar-refractivity contribution < 1.29 is 28.2 Å². The number of carbonyl (C=O) groups is 2. The van der Waals surface area contributed by atoms with Gasteiger partial charge in [-0.3, -0.25) is 4.79 Å². The van der Waals surface area contributed by atoms with E-state index < -0.39 is 17.7 Å². The van der Waals surface area contributed by atoms with E-state index in [4.69, 9.17) is 14.2 Å². The Labute approximate surface area is 204 Å². The lowest BCUT2D eigenvalue weighted by atomic mass is 9.71. The first-order valence-corrected chi connectivity index (χ1v) is 11.7. The molecule has 0 saturated carbocycles. The summed E-state index contributed by atoms with van der Waals surface area (Å²) in [5.41, 5.74) is 3.18. The van der Waals surface area contributed by atoms with E-state index in [0.717, 1.165) is 5.56 Å². The molecular formula is C28H30FNO5. The van der Waals surface area contributed by atoms with Gasteiger partial charge in [-0.15, -0.1) is 0 Å². The predicted molar refractivity (Wildman–Crippen MR) is 130 cm³/mol. The van der Waals surface area contributed by atoms with Gasteiger partial charge in [0.1, 0.15) is 5.82 Å². The fraction of sp³-hybridized carbons (Fsp3) is 0.357. The zero-order chi connectivity index (χ0) is 25.3. The van der Waals surface area contributed by atoms with Gasteiger partial charge in [0.05, 0.1) is 31.8 Å². The second kappa shape index (κ2) is 9.94. The van der Waals surface area contributed by atoms with Crippen LogP contribution in [0.4, 0.5) is 4.39 Å². The van der Waals surface area contributed by atoms with Crippen LogP contribution in [0.3, 0.4) is 0 Å². The number of nitrogens with one attached hydrogen (secondary N) is 1. The van der Waals surface area contributed by atoms with E-state index in [1.165, 1.54) is 6.07 Å². The van der Waals surface area contributed by atoms with Gasteiger partial charge in [-0.2, -0.15) is 0 Å². The molecule has 6 nitrogen and oxygen atoms in total. The number of halogens is 1. The SMILES string of the molecule is COc1ccc(C2CC(=O)C3=C(C2)NC(C)=C(C(=O)OC(C)C)C3c2ccccc2F)cc1OC. The molecule has 2 aromatic rings. The number of methoxy groups -OCH3 is 2. The van der Waals surface area contributed by atoms with E-state index in [-0.39, 0.29) is 35.4 Å². The highest BCUT2D eigenvalue weighted by atomic mass is 19.1. The minimum Gasteiger partial charge on any atom is -0.493 e. The van der Waals surface area contributed by atoms with Gasteiger partial charge in [0.2, 0.25) is 0 Å². The number of hydrogen-bond donors (Lipinski definition) is 1. The summed E-state index contributed by atoms with van der Waals surface area (Å²) in [5, 5.41) is 3.28. The zero-order valence-electron chi connectivity index (χ0n) is 20.6. The number of allylic oxidation sites excluding steroid dienone is 3. The van der Waals surface area contributed by atoms with Crippen LogP contribution in [0.5, 0.6) is 11.5 Å². The first-order chi connectivity index (χ1) is 16.7. The molecule has 0 saturated heterocycles. The van der Waals surface area contributed by atoms with Crippen LogP contribution < -0.4 is 14.8 Å². The highest BCUT2D eigenvalue weighted by molar-refractivity contribution is 6.04. The van der Waals surface area contributed by atoms with Crippen LogP contribution in [0.15, 0.2) is 65.0 Å². The van der Waals surface area contributed by atoms with E-state index in [1.807, 2.05) is 18.2 Å². The summed E-state index contributed by atoms with van der Waals surface area (Å²) in [4.78, 5) is 26.7. The number of Topliss-reactive ketones (excluding diaryl/α,β-unsaturated/α-hetero) is 1. The Morgan fingerprint density at radius 2 is 1.77 bits per heavy atom. The van der Waals surface area contributed by atoms with Gasteiger partial charge < -0.3 is 19.5 Å². The molecule has 35 heavy (non-hydrogen) atoms. The number of carbonyl (C=O) groups excluding carboxylic acids is 2. The molecule has 184 valence electrons. The number of ketones is 1. The Morgan fingerprint density at radius 1 is 1.06 bits per heavy atom. The predicted octanol–water partition coefficient (Wildman–Crippen LogP) is 5.16. The average Bonchev–Trinajstić information content (AvgIpc) is 2.82. The third-order valence-electron chi connectivity index (χ3n) is 6.49. The Hall–Kier alpha value is -3.61. The second-order valence-corrected chi connectivity index (χ2v) is 9.11. The third kappa shape index (κ3) is 4.67. The summed E-state index contributed by atoms with van der Waals surface area (Å²) in [6.07, 6.45) is 0.411. The summed E-state index contributed by atoms with van der Waals surface area (Å²) in [5.74, 6) is -0.893. The van der Waals surface area contributed by atoms with E-state index in [0.29, 0.717) is 34.9 Å². The lowest BCUT2D eigenvalue weighted by molar-refractivity contribution is -0.143. The largest absolute Gasteiger partial charge is 0.493 e. The van der Waals surface area contributed by atoms with Gasteiger partial charge in [-0.25, -0.2) is 9.18 Å². The van der Waals surface area contributed by atoms with E-state index >= 15 is 4.39 Å². The molecule has 0 amide bonds. The molecule has 1 aliphatic carbocycles. The van der Waals surface area contributed by atoms with Crippen molar-refractivity contribution in [2.24, 2.45) is 0 Å². The molecule has 0 aromatic heterocycles. The maximum absolute atomic E-state index is 15.0. The van der Waals surface area contributed by atoms with E-state index in [2.05, 4.69) is 5.32 Å². The van der Waals surface area contributed by atoms with Crippen molar-refractivity contribution in [3.05, 3.63) is 81.9 Å². The number of rotatable bonds is 6. The lowest BCUT2D eigenvalue weighted by Gasteiger charge is -2.37. The number of ether oxygens (including phenoxy) is 3. The minimum absolute atomic E-state index is 0.105. The highest BCUT2D eigenvalue weighted by Gasteiger charge is 2.42. The van der Waals surface area contributed by atoms with Gasteiger partial charge in [0, 0.05) is 29.0 Å². The Kier molecular flexibility index (Phi) is 6.96. The van der Waals surface area contributed by atoms with Gasteiger partial charge in [-0.05, 0) is 56.9 Å². The maximum atomic E-state index is 15.0. The fourth-order valence-electron chi connectivity index (χ4n) is 4.95. The third-order valence-corrected chi connectivity index (χ3v) is 6.49. The van der Waals surface area contributed by atoms with Crippen LogP contribution in [0, 0.1) is 5.82 Å². The van der Waals surface area contributed by atoms with Crippen molar-refractivity contribution >= 4 is 11.8 Å². The fourth-order valence-corrected chi connectivity index (χ4v) is 4.95. The Morgan fingerprint density at radius 3 is 2.43 bits per heavy atom. The topological polar surface area (TPSA) is 73.9 Å². The van der Waals surface area contributed by atoms with Gasteiger partial charge >= 0.3 is 5.97 Å². The normalized spacial score (nSPS) is 19.9. The Bertz CT molecular complexity index is 1230. The number of dihydropyridines is 1. The lowest BCUT2D eigenvalue weighted by Crippen LogP contribution is -2.36. The van der Waals surface area contributed by atoms with Crippen LogP contribution in [-0.2, 0) is 14.3 Å². The summed E-state index contributed by atoms with van der Waals surface area (Å²) < 4.78 is 31.3. The van der Waals surface area contributed by atoms with Crippen LogP contribution in [0.2, 0.25) is 0 Å². The highest BCUT2D eigenvalue weighted by Crippen LogP contribution is 2.47. The standard InChI is InChI=1S/C28H30FNO5/c1-15(2)35-28(32)25-16(3)30-21-12-18(17-10-11-23(33-4)24(14-17)34-5)13-22(31)27(21)26(25)19-8-6-7-9-20(19)29/h6-11,14-15,18,26,30H,12-13H2,1-5H3. The van der Waals surface area contributed by atoms with Crippen LogP contribution in [0.1, 0.15) is 56.6 Å². The van der Waals surface area contributed by atoms with E-state index in [9.17, 15) is 9.59 Å². The maximum Gasteiger partial charge on any atom is 0.337 e. The number of esters is 1. The second-order valence-electron chi connectivity index (χ2n) is 9.11. The van der Waals surface area contributed by atoms with Crippen molar-refractivity contribution in [1.29, 1.82) is 0 Å². The van der Waals surface area contributed by atoms with Crippen molar-refractivity contribution in [3.63, 3.8) is 0 Å². The van der Waals surface area contributed by atoms with Gasteiger partial charge in [-0.1, -0.05) is 24.3 Å². The summed E-state index contributed by atoms with van der Waals surface area (Å²) in [7, 11) is 3.15. The smallest absolute Gasteiger partial charge is 0.337 e. The van der Waals surface area contributed by atoms with Crippen molar-refractivity contribution in [3.8, 4) is 11.5 Å². The molecule has 7 heteroatoms. The Balaban J connectivity index is 1.79. The van der Waals surface area contributed by atoms with Crippen molar-refractivity contribution in [1.82, 2.24) is 5.32 Å². The molecule has 1 N–H and O–H groups in total. The van der Waals surface area contributed by atoms with Crippen LogP contribution in [-0.4, -0.2) is 32.1 Å². The molecule has 2 unspecified atom stereocenters. The van der Waals surface area contributed by atoms with E-state index in [1.54, 1.807) is 53.2 Å². The molecule has 1 heterocycles. The molecule has 0 spiro atoms. The molecular weight excluding hydrogens is 449 g/mol. The van der Waals surface area contributed by atoms with Crippen LogP contribution >= 0.6 is 0 Å². The molecule has 0 radical (unpaired) electrons. The average molecular weight is 480 g/mol. The minimum atomic E-state index is -0.836. The molecule has 1 aliphatic heterocycles. The first-order valence-electron chi connectivity index (χ1n) is 11.7. The molecule has 0 fully saturated rings. The molecule has 2 atom stereocenters. The zero-order valence-corrected chi connectivity index (χ0v) is 20.6.